The van der Waals surface area contributed by atoms with Crippen molar-refractivity contribution in [1.29, 1.82) is 5.26 Å². The summed E-state index contributed by atoms with van der Waals surface area (Å²) in [4.78, 5) is 12.9. The van der Waals surface area contributed by atoms with Crippen LogP contribution in [-0.4, -0.2) is 33.8 Å². The number of amides is 1. The molecule has 3 rings (SSSR count). The van der Waals surface area contributed by atoms with Crippen LogP contribution in [0, 0.1) is 11.3 Å². The molecule has 0 spiro atoms. The van der Waals surface area contributed by atoms with Gasteiger partial charge in [0.1, 0.15) is 12.4 Å². The second kappa shape index (κ2) is 11.3. The average molecular weight is 465 g/mol. The number of para-hydroxylation sites is 1. The summed E-state index contributed by atoms with van der Waals surface area (Å²) in [7, 11) is -2.02. The summed E-state index contributed by atoms with van der Waals surface area (Å²) < 4.78 is 35.1. The number of methoxy groups -OCH3 is 1. The third-order valence-electron chi connectivity index (χ3n) is 4.90. The van der Waals surface area contributed by atoms with Gasteiger partial charge in [-0.3, -0.25) is 4.79 Å². The minimum Gasteiger partial charge on any atom is -0.489 e. The first kappa shape index (κ1) is 24.0. The van der Waals surface area contributed by atoms with Crippen molar-refractivity contribution in [3.63, 3.8) is 0 Å². The second-order valence-corrected chi connectivity index (χ2v) is 9.32. The van der Waals surface area contributed by atoms with E-state index in [2.05, 4.69) is 11.4 Å². The van der Waals surface area contributed by atoms with Gasteiger partial charge in [0.2, 0.25) is 0 Å². The molecular weight excluding hydrogens is 440 g/mol. The van der Waals surface area contributed by atoms with E-state index in [0.717, 1.165) is 11.1 Å². The predicted molar refractivity (Wildman–Crippen MR) is 125 cm³/mol. The lowest BCUT2D eigenvalue weighted by molar-refractivity contribution is 0.102. The minimum atomic E-state index is -3.46. The highest BCUT2D eigenvalue weighted by Gasteiger charge is 2.16. The number of hydrogen-bond acceptors (Lipinski definition) is 6. The van der Waals surface area contributed by atoms with Crippen LogP contribution < -0.4 is 10.1 Å². The Kier molecular flexibility index (Phi) is 8.19. The molecule has 170 valence electrons. The smallest absolute Gasteiger partial charge is 0.255 e. The summed E-state index contributed by atoms with van der Waals surface area (Å²) in [6.07, 6.45) is 0.342. The molecule has 0 unspecified atom stereocenters. The normalized spacial score (nSPS) is 10.9. The maximum absolute atomic E-state index is 12.7. The van der Waals surface area contributed by atoms with Crippen molar-refractivity contribution in [3.8, 4) is 11.8 Å². The summed E-state index contributed by atoms with van der Waals surface area (Å²) >= 11 is 0. The highest BCUT2D eigenvalue weighted by Crippen LogP contribution is 2.21. The van der Waals surface area contributed by atoms with Crippen molar-refractivity contribution >= 4 is 21.4 Å². The molecule has 0 fully saturated rings. The van der Waals surface area contributed by atoms with Crippen LogP contribution in [0.4, 0.5) is 5.69 Å². The van der Waals surface area contributed by atoms with E-state index in [9.17, 15) is 13.2 Å². The van der Waals surface area contributed by atoms with E-state index >= 15 is 0 Å². The van der Waals surface area contributed by atoms with Crippen molar-refractivity contribution in [2.75, 3.05) is 24.8 Å². The lowest BCUT2D eigenvalue weighted by atomic mass is 10.1. The van der Waals surface area contributed by atoms with Gasteiger partial charge in [-0.05, 0) is 48.0 Å². The first-order valence-corrected chi connectivity index (χ1v) is 11.9. The summed E-state index contributed by atoms with van der Waals surface area (Å²) in [5.74, 6) is 0.177. The zero-order valence-corrected chi connectivity index (χ0v) is 19.0. The van der Waals surface area contributed by atoms with Crippen LogP contribution in [0.5, 0.6) is 5.75 Å². The monoisotopic (exact) mass is 464 g/mol. The Morgan fingerprint density at radius 2 is 1.70 bits per heavy atom. The summed E-state index contributed by atoms with van der Waals surface area (Å²) in [6, 6.07) is 22.5. The maximum atomic E-state index is 12.7. The molecule has 0 radical (unpaired) electrons. The van der Waals surface area contributed by atoms with Crippen LogP contribution in [0.15, 0.2) is 77.7 Å². The molecule has 3 aromatic rings. The largest absolute Gasteiger partial charge is 0.489 e. The predicted octanol–water partition coefficient (Wildman–Crippen LogP) is 4.00. The Morgan fingerprint density at radius 3 is 2.36 bits per heavy atom. The fraction of sp³-hybridized carbons (Fsp3) is 0.200. The molecule has 8 heteroatoms. The number of sulfone groups is 1. The Bertz CT molecular complexity index is 1230. The highest BCUT2D eigenvalue weighted by atomic mass is 32.2. The first-order chi connectivity index (χ1) is 15.9. The molecule has 0 aliphatic heterocycles. The summed E-state index contributed by atoms with van der Waals surface area (Å²) in [5.41, 5.74) is 2.63. The number of nitrogens with zero attached hydrogens (tertiary/aromatic N) is 1. The third kappa shape index (κ3) is 6.65. The molecule has 1 N–H and O–H groups in total. The number of benzene rings is 3. The number of hydrogen-bond donors (Lipinski definition) is 1. The van der Waals surface area contributed by atoms with Gasteiger partial charge in [0.25, 0.3) is 5.91 Å². The third-order valence-corrected chi connectivity index (χ3v) is 6.59. The summed E-state index contributed by atoms with van der Waals surface area (Å²) in [6.45, 7) is 0.345. The lowest BCUT2D eigenvalue weighted by Gasteiger charge is -2.13. The van der Waals surface area contributed by atoms with Crippen molar-refractivity contribution in [2.24, 2.45) is 0 Å². The van der Waals surface area contributed by atoms with E-state index in [-0.39, 0.29) is 29.8 Å². The van der Waals surface area contributed by atoms with E-state index in [1.165, 1.54) is 31.4 Å². The first-order valence-electron chi connectivity index (χ1n) is 10.2. The van der Waals surface area contributed by atoms with Crippen LogP contribution in [-0.2, 0) is 27.6 Å². The van der Waals surface area contributed by atoms with Gasteiger partial charge in [-0.2, -0.15) is 5.26 Å². The quantitative estimate of drug-likeness (QED) is 0.486. The SMILES string of the molecule is COCCS(=O)(=O)c1ccc(C(=O)Nc2ccccc2COc2ccc(CC#N)cc2)cc1. The molecule has 0 heterocycles. The topological polar surface area (TPSA) is 105 Å². The van der Waals surface area contributed by atoms with Gasteiger partial charge in [-0.15, -0.1) is 0 Å². The van der Waals surface area contributed by atoms with Crippen molar-refractivity contribution < 1.29 is 22.7 Å². The molecular formula is C25H24N2O5S. The van der Waals surface area contributed by atoms with Gasteiger partial charge in [-0.1, -0.05) is 30.3 Å². The van der Waals surface area contributed by atoms with Gasteiger partial charge >= 0.3 is 0 Å². The molecule has 0 aliphatic rings. The maximum Gasteiger partial charge on any atom is 0.255 e. The Balaban J connectivity index is 1.66. The van der Waals surface area contributed by atoms with E-state index in [1.54, 1.807) is 24.3 Å². The van der Waals surface area contributed by atoms with Crippen molar-refractivity contribution in [1.82, 2.24) is 0 Å². The zero-order valence-electron chi connectivity index (χ0n) is 18.2. The van der Waals surface area contributed by atoms with Crippen molar-refractivity contribution in [2.45, 2.75) is 17.9 Å². The van der Waals surface area contributed by atoms with Gasteiger partial charge in [-0.25, -0.2) is 8.42 Å². The molecule has 1 amide bonds. The van der Waals surface area contributed by atoms with Crippen LogP contribution >= 0.6 is 0 Å². The molecule has 7 nitrogen and oxygen atoms in total. The molecule has 0 aliphatic carbocycles. The van der Waals surface area contributed by atoms with E-state index < -0.39 is 9.84 Å². The summed E-state index contributed by atoms with van der Waals surface area (Å²) in [5, 5.41) is 11.6. The number of carbonyl (C=O) groups excluding carboxylic acids is 1. The van der Waals surface area contributed by atoms with Gasteiger partial charge < -0.3 is 14.8 Å². The Morgan fingerprint density at radius 1 is 1.00 bits per heavy atom. The molecule has 0 bridgehead atoms. The molecule has 33 heavy (non-hydrogen) atoms. The Labute approximate surface area is 193 Å². The number of carbonyl (C=O) groups is 1. The highest BCUT2D eigenvalue weighted by molar-refractivity contribution is 7.91. The fourth-order valence-electron chi connectivity index (χ4n) is 3.04. The molecule has 0 aromatic heterocycles. The fourth-order valence-corrected chi connectivity index (χ4v) is 4.22. The molecule has 0 saturated carbocycles. The number of nitrogens with one attached hydrogen (secondary N) is 1. The van der Waals surface area contributed by atoms with E-state index in [0.29, 0.717) is 23.4 Å². The van der Waals surface area contributed by atoms with Gasteiger partial charge in [0.15, 0.2) is 9.84 Å². The average Bonchev–Trinajstić information content (AvgIpc) is 2.83. The minimum absolute atomic E-state index is 0.105. The van der Waals surface area contributed by atoms with Crippen LogP contribution in [0.25, 0.3) is 0 Å². The lowest BCUT2D eigenvalue weighted by Crippen LogP contribution is -2.15. The molecule has 3 aromatic carbocycles. The number of ether oxygens (including phenoxy) is 2. The van der Waals surface area contributed by atoms with Gasteiger partial charge in [0, 0.05) is 23.9 Å². The number of anilines is 1. The Hall–Kier alpha value is -3.67. The van der Waals surface area contributed by atoms with Crippen molar-refractivity contribution in [3.05, 3.63) is 89.5 Å². The second-order valence-electron chi connectivity index (χ2n) is 7.21. The number of nitriles is 1. The number of rotatable bonds is 10. The van der Waals surface area contributed by atoms with E-state index in [4.69, 9.17) is 14.7 Å². The zero-order chi connectivity index (χ0) is 23.7. The van der Waals surface area contributed by atoms with Crippen LogP contribution in [0.3, 0.4) is 0 Å². The standard InChI is InChI=1S/C25H24N2O5S/c1-31-16-17-33(29,30)23-12-8-20(9-13-23)25(28)27-24-5-3-2-4-21(24)18-32-22-10-6-19(7-11-22)14-15-26/h2-13H,14,16-18H2,1H3,(H,27,28). The molecule has 0 saturated heterocycles. The van der Waals surface area contributed by atoms with Crippen LogP contribution in [0.1, 0.15) is 21.5 Å². The molecule has 0 atom stereocenters. The van der Waals surface area contributed by atoms with Crippen LogP contribution in [0.2, 0.25) is 0 Å². The van der Waals surface area contributed by atoms with E-state index in [1.807, 2.05) is 24.3 Å². The van der Waals surface area contributed by atoms with Gasteiger partial charge in [0.05, 0.1) is 29.7 Å².